The standard InChI is InChI=1S/C14H10ClFN2O3/c1-8-2-4-10(7-13(8)18(20)21)17-14(19)11-5-3-9(15)6-12(11)16/h2-7H,1H3,(H,17,19). The average molecular weight is 309 g/mol. The molecule has 2 rings (SSSR count). The van der Waals surface area contributed by atoms with Gasteiger partial charge in [-0.3, -0.25) is 14.9 Å². The van der Waals surface area contributed by atoms with Gasteiger partial charge >= 0.3 is 0 Å². The fourth-order valence-corrected chi connectivity index (χ4v) is 1.91. The summed E-state index contributed by atoms with van der Waals surface area (Å²) in [5.41, 5.74) is 0.370. The van der Waals surface area contributed by atoms with Gasteiger partial charge in [-0.25, -0.2) is 4.39 Å². The summed E-state index contributed by atoms with van der Waals surface area (Å²) in [4.78, 5) is 22.2. The third kappa shape index (κ3) is 3.35. The van der Waals surface area contributed by atoms with E-state index in [0.29, 0.717) is 5.56 Å². The predicted molar refractivity (Wildman–Crippen MR) is 77.2 cm³/mol. The van der Waals surface area contributed by atoms with Crippen LogP contribution in [0.15, 0.2) is 36.4 Å². The molecular formula is C14H10ClFN2O3. The number of anilines is 1. The van der Waals surface area contributed by atoms with Gasteiger partial charge in [-0.05, 0) is 31.2 Å². The van der Waals surface area contributed by atoms with Gasteiger partial charge in [0.05, 0.1) is 10.5 Å². The molecule has 0 unspecified atom stereocenters. The van der Waals surface area contributed by atoms with Crippen LogP contribution in [0.3, 0.4) is 0 Å². The van der Waals surface area contributed by atoms with Crippen LogP contribution in [-0.4, -0.2) is 10.8 Å². The summed E-state index contributed by atoms with van der Waals surface area (Å²) in [5, 5.41) is 13.4. The van der Waals surface area contributed by atoms with Crippen molar-refractivity contribution in [2.75, 3.05) is 5.32 Å². The minimum atomic E-state index is -0.762. The SMILES string of the molecule is Cc1ccc(NC(=O)c2ccc(Cl)cc2F)cc1[N+](=O)[O-]. The number of hydrogen-bond donors (Lipinski definition) is 1. The zero-order valence-corrected chi connectivity index (χ0v) is 11.6. The molecule has 0 saturated carbocycles. The van der Waals surface area contributed by atoms with Crippen molar-refractivity contribution in [1.29, 1.82) is 0 Å². The summed E-state index contributed by atoms with van der Waals surface area (Å²) in [5.74, 6) is -1.47. The van der Waals surface area contributed by atoms with Crippen LogP contribution in [0, 0.1) is 22.9 Å². The highest BCUT2D eigenvalue weighted by Crippen LogP contribution is 2.23. The molecule has 2 aromatic rings. The molecule has 0 aliphatic rings. The molecule has 2 aromatic carbocycles. The van der Waals surface area contributed by atoms with Crippen molar-refractivity contribution in [1.82, 2.24) is 0 Å². The Hall–Kier alpha value is -2.47. The Bertz CT molecular complexity index is 734. The summed E-state index contributed by atoms with van der Waals surface area (Å²) in [6.45, 7) is 1.59. The molecule has 108 valence electrons. The first-order valence-corrected chi connectivity index (χ1v) is 6.27. The molecule has 1 amide bonds. The van der Waals surface area contributed by atoms with Gasteiger partial charge < -0.3 is 5.32 Å². The molecule has 1 N–H and O–H groups in total. The van der Waals surface area contributed by atoms with Crippen LogP contribution in [0.4, 0.5) is 15.8 Å². The van der Waals surface area contributed by atoms with Crippen molar-refractivity contribution in [3.05, 3.63) is 68.5 Å². The van der Waals surface area contributed by atoms with Crippen LogP contribution in [0.5, 0.6) is 0 Å². The lowest BCUT2D eigenvalue weighted by Crippen LogP contribution is -2.14. The maximum Gasteiger partial charge on any atom is 0.274 e. The Labute approximate surface area is 124 Å². The monoisotopic (exact) mass is 308 g/mol. The van der Waals surface area contributed by atoms with Crippen molar-refractivity contribution >= 4 is 28.9 Å². The second-order valence-electron chi connectivity index (χ2n) is 4.34. The molecule has 0 aliphatic heterocycles. The zero-order chi connectivity index (χ0) is 15.6. The predicted octanol–water partition coefficient (Wildman–Crippen LogP) is 3.95. The highest BCUT2D eigenvalue weighted by atomic mass is 35.5. The van der Waals surface area contributed by atoms with Crippen LogP contribution in [0.2, 0.25) is 5.02 Å². The fourth-order valence-electron chi connectivity index (χ4n) is 1.76. The van der Waals surface area contributed by atoms with Gasteiger partial charge in [0.1, 0.15) is 5.82 Å². The van der Waals surface area contributed by atoms with Gasteiger partial charge in [0.25, 0.3) is 11.6 Å². The fraction of sp³-hybridized carbons (Fsp3) is 0.0714. The Morgan fingerprint density at radius 3 is 2.62 bits per heavy atom. The van der Waals surface area contributed by atoms with Crippen molar-refractivity contribution in [3.8, 4) is 0 Å². The summed E-state index contributed by atoms with van der Waals surface area (Å²) >= 11 is 5.61. The second-order valence-corrected chi connectivity index (χ2v) is 4.77. The molecule has 7 heteroatoms. The van der Waals surface area contributed by atoms with Crippen LogP contribution in [0.1, 0.15) is 15.9 Å². The van der Waals surface area contributed by atoms with E-state index in [1.165, 1.54) is 30.3 Å². The molecule has 0 aromatic heterocycles. The number of rotatable bonds is 3. The van der Waals surface area contributed by atoms with Crippen LogP contribution < -0.4 is 5.32 Å². The van der Waals surface area contributed by atoms with Gasteiger partial charge in [0, 0.05) is 22.3 Å². The van der Waals surface area contributed by atoms with Gasteiger partial charge in [0.2, 0.25) is 0 Å². The topological polar surface area (TPSA) is 72.2 Å². The normalized spacial score (nSPS) is 10.2. The van der Waals surface area contributed by atoms with E-state index in [1.807, 2.05) is 0 Å². The molecule has 21 heavy (non-hydrogen) atoms. The number of hydrogen-bond acceptors (Lipinski definition) is 3. The number of benzene rings is 2. The summed E-state index contributed by atoms with van der Waals surface area (Å²) < 4.78 is 13.6. The molecule has 0 heterocycles. The van der Waals surface area contributed by atoms with E-state index in [4.69, 9.17) is 11.6 Å². The third-order valence-corrected chi connectivity index (χ3v) is 3.07. The first kappa shape index (κ1) is 14.9. The zero-order valence-electron chi connectivity index (χ0n) is 10.9. The number of carbonyl (C=O) groups excluding carboxylic acids is 1. The van der Waals surface area contributed by atoms with E-state index in [9.17, 15) is 19.3 Å². The molecule has 0 atom stereocenters. The Balaban J connectivity index is 2.27. The number of amides is 1. The summed E-state index contributed by atoms with van der Waals surface area (Å²) in [6, 6.07) is 7.89. The molecule has 0 fully saturated rings. The molecule has 0 aliphatic carbocycles. The minimum absolute atomic E-state index is 0.121. The lowest BCUT2D eigenvalue weighted by molar-refractivity contribution is -0.385. The van der Waals surface area contributed by atoms with Gasteiger partial charge in [-0.1, -0.05) is 17.7 Å². The van der Waals surface area contributed by atoms with E-state index in [-0.39, 0.29) is 22.0 Å². The van der Waals surface area contributed by atoms with E-state index in [1.54, 1.807) is 6.92 Å². The van der Waals surface area contributed by atoms with Gasteiger partial charge in [-0.15, -0.1) is 0 Å². The van der Waals surface area contributed by atoms with E-state index in [0.717, 1.165) is 6.07 Å². The smallest absolute Gasteiger partial charge is 0.274 e. The number of nitro benzene ring substituents is 1. The van der Waals surface area contributed by atoms with Crippen molar-refractivity contribution in [2.45, 2.75) is 6.92 Å². The highest BCUT2D eigenvalue weighted by Gasteiger charge is 2.15. The number of nitrogens with zero attached hydrogens (tertiary/aromatic N) is 1. The van der Waals surface area contributed by atoms with Gasteiger partial charge in [0.15, 0.2) is 0 Å². The number of nitro groups is 1. The van der Waals surface area contributed by atoms with Crippen molar-refractivity contribution < 1.29 is 14.1 Å². The lowest BCUT2D eigenvalue weighted by Gasteiger charge is -2.07. The number of nitrogens with one attached hydrogen (secondary N) is 1. The molecule has 0 spiro atoms. The first-order valence-electron chi connectivity index (χ1n) is 5.90. The largest absolute Gasteiger partial charge is 0.322 e. The van der Waals surface area contributed by atoms with Crippen LogP contribution in [-0.2, 0) is 0 Å². The molecule has 0 saturated heterocycles. The number of aryl methyl sites for hydroxylation is 1. The molecular weight excluding hydrogens is 299 g/mol. The molecule has 0 bridgehead atoms. The van der Waals surface area contributed by atoms with Crippen LogP contribution >= 0.6 is 11.6 Å². The Kier molecular flexibility index (Phi) is 4.18. The Morgan fingerprint density at radius 1 is 1.29 bits per heavy atom. The molecule has 5 nitrogen and oxygen atoms in total. The van der Waals surface area contributed by atoms with E-state index in [2.05, 4.69) is 5.32 Å². The number of halogens is 2. The Morgan fingerprint density at radius 2 is 2.00 bits per heavy atom. The quantitative estimate of drug-likeness (QED) is 0.689. The summed E-state index contributed by atoms with van der Waals surface area (Å²) in [7, 11) is 0. The first-order chi connectivity index (χ1) is 9.88. The maximum atomic E-state index is 13.6. The van der Waals surface area contributed by atoms with Gasteiger partial charge in [-0.2, -0.15) is 0 Å². The molecule has 0 radical (unpaired) electrons. The van der Waals surface area contributed by atoms with E-state index < -0.39 is 16.6 Å². The summed E-state index contributed by atoms with van der Waals surface area (Å²) in [6.07, 6.45) is 0. The maximum absolute atomic E-state index is 13.6. The average Bonchev–Trinajstić information content (AvgIpc) is 2.40. The number of carbonyl (C=O) groups is 1. The second kappa shape index (κ2) is 5.88. The third-order valence-electron chi connectivity index (χ3n) is 2.84. The lowest BCUT2D eigenvalue weighted by atomic mass is 10.1. The van der Waals surface area contributed by atoms with Crippen molar-refractivity contribution in [3.63, 3.8) is 0 Å². The highest BCUT2D eigenvalue weighted by molar-refractivity contribution is 6.30. The van der Waals surface area contributed by atoms with Crippen molar-refractivity contribution in [2.24, 2.45) is 0 Å². The minimum Gasteiger partial charge on any atom is -0.322 e. The van der Waals surface area contributed by atoms with Crippen LogP contribution in [0.25, 0.3) is 0 Å². The van der Waals surface area contributed by atoms with E-state index >= 15 is 0 Å².